The fourth-order valence-electron chi connectivity index (χ4n) is 2.73. The maximum atomic E-state index is 12.4. The molecule has 1 N–H and O–H groups in total. The zero-order valence-corrected chi connectivity index (χ0v) is 14.9. The molecule has 0 aromatic heterocycles. The number of carbonyl (C=O) groups is 1. The summed E-state index contributed by atoms with van der Waals surface area (Å²) in [6.45, 7) is 2.73. The lowest BCUT2D eigenvalue weighted by atomic mass is 10.1. The molecular formula is C17H24N2O4S. The van der Waals surface area contributed by atoms with Gasteiger partial charge in [0.05, 0.1) is 18.1 Å². The third kappa shape index (κ3) is 5.35. The Bertz CT molecular complexity index is 700. The fourth-order valence-corrected chi connectivity index (χ4v) is 4.46. The molecule has 2 amide bonds. The fraction of sp³-hybridized carbons (Fsp3) is 0.471. The van der Waals surface area contributed by atoms with E-state index >= 15 is 0 Å². The minimum absolute atomic E-state index is 0.0196. The van der Waals surface area contributed by atoms with E-state index in [2.05, 4.69) is 5.32 Å². The van der Waals surface area contributed by atoms with Crippen molar-refractivity contribution in [2.24, 2.45) is 0 Å². The van der Waals surface area contributed by atoms with Gasteiger partial charge in [0, 0.05) is 25.9 Å². The van der Waals surface area contributed by atoms with Gasteiger partial charge in [-0.1, -0.05) is 29.8 Å². The summed E-state index contributed by atoms with van der Waals surface area (Å²) >= 11 is 0. The summed E-state index contributed by atoms with van der Waals surface area (Å²) in [5, 5.41) is 2.72. The molecule has 1 aromatic rings. The largest absolute Gasteiger partial charge is 0.383 e. The number of urea groups is 1. The molecule has 0 spiro atoms. The number of benzene rings is 1. The molecule has 7 heteroatoms. The Morgan fingerprint density at radius 1 is 1.46 bits per heavy atom. The highest BCUT2D eigenvalue weighted by atomic mass is 32.2. The SMILES string of the molecule is COCCN(C(=O)N/C=C/c1cccc(C)c1)C1CCS(=O)(=O)C1. The molecule has 1 saturated heterocycles. The molecule has 2 rings (SSSR count). The number of carbonyl (C=O) groups excluding carboxylic acids is 1. The molecule has 0 radical (unpaired) electrons. The normalized spacial score (nSPS) is 19.5. The van der Waals surface area contributed by atoms with E-state index in [0.29, 0.717) is 19.6 Å². The second-order valence-electron chi connectivity index (χ2n) is 5.94. The number of amides is 2. The number of nitrogens with one attached hydrogen (secondary N) is 1. The van der Waals surface area contributed by atoms with Gasteiger partial charge in [0.15, 0.2) is 9.84 Å². The highest BCUT2D eigenvalue weighted by Gasteiger charge is 2.34. The molecular weight excluding hydrogens is 328 g/mol. The molecule has 132 valence electrons. The van der Waals surface area contributed by atoms with Crippen molar-refractivity contribution in [1.82, 2.24) is 10.2 Å². The Kier molecular flexibility index (Phi) is 6.39. The summed E-state index contributed by atoms with van der Waals surface area (Å²) in [6.07, 6.45) is 3.87. The molecule has 0 bridgehead atoms. The third-order valence-corrected chi connectivity index (χ3v) is 5.72. The van der Waals surface area contributed by atoms with Crippen molar-refractivity contribution < 1.29 is 17.9 Å². The number of hydrogen-bond donors (Lipinski definition) is 1. The van der Waals surface area contributed by atoms with Crippen molar-refractivity contribution in [2.75, 3.05) is 31.8 Å². The number of methoxy groups -OCH3 is 1. The van der Waals surface area contributed by atoms with Gasteiger partial charge in [-0.15, -0.1) is 0 Å². The van der Waals surface area contributed by atoms with Crippen molar-refractivity contribution in [3.05, 3.63) is 41.6 Å². The molecule has 24 heavy (non-hydrogen) atoms. The average molecular weight is 352 g/mol. The van der Waals surface area contributed by atoms with Crippen LogP contribution in [0.1, 0.15) is 17.5 Å². The van der Waals surface area contributed by atoms with Crippen LogP contribution in [0.3, 0.4) is 0 Å². The maximum absolute atomic E-state index is 12.4. The molecule has 1 unspecified atom stereocenters. The lowest BCUT2D eigenvalue weighted by Gasteiger charge is -2.27. The van der Waals surface area contributed by atoms with E-state index in [1.807, 2.05) is 37.3 Å². The number of nitrogens with zero attached hydrogens (tertiary/aromatic N) is 1. The molecule has 1 aromatic carbocycles. The summed E-state index contributed by atoms with van der Waals surface area (Å²) < 4.78 is 28.4. The van der Waals surface area contributed by atoms with Gasteiger partial charge >= 0.3 is 6.03 Å². The van der Waals surface area contributed by atoms with Gasteiger partial charge in [-0.2, -0.15) is 0 Å². The van der Waals surface area contributed by atoms with E-state index in [1.165, 1.54) is 0 Å². The van der Waals surface area contributed by atoms with Crippen molar-refractivity contribution in [1.29, 1.82) is 0 Å². The van der Waals surface area contributed by atoms with Crippen LogP contribution in [0, 0.1) is 6.92 Å². The summed E-state index contributed by atoms with van der Waals surface area (Å²) in [6, 6.07) is 7.31. The third-order valence-electron chi connectivity index (χ3n) is 3.97. The molecule has 1 aliphatic heterocycles. The van der Waals surface area contributed by atoms with Gasteiger partial charge in [0.25, 0.3) is 0 Å². The van der Waals surface area contributed by atoms with Crippen LogP contribution in [-0.4, -0.2) is 57.2 Å². The zero-order valence-electron chi connectivity index (χ0n) is 14.1. The maximum Gasteiger partial charge on any atom is 0.321 e. The summed E-state index contributed by atoms with van der Waals surface area (Å²) in [4.78, 5) is 14.0. The summed E-state index contributed by atoms with van der Waals surface area (Å²) in [5.74, 6) is 0.152. The Labute approximate surface area is 143 Å². The predicted molar refractivity (Wildman–Crippen MR) is 94.4 cm³/mol. The van der Waals surface area contributed by atoms with Crippen LogP contribution in [-0.2, 0) is 14.6 Å². The first-order chi connectivity index (χ1) is 11.4. The van der Waals surface area contributed by atoms with E-state index in [9.17, 15) is 13.2 Å². The van der Waals surface area contributed by atoms with Crippen LogP contribution < -0.4 is 5.32 Å². The second-order valence-corrected chi connectivity index (χ2v) is 8.17. The Balaban J connectivity index is 1.99. The van der Waals surface area contributed by atoms with Crippen molar-refractivity contribution >= 4 is 21.9 Å². The number of hydrogen-bond acceptors (Lipinski definition) is 4. The monoisotopic (exact) mass is 352 g/mol. The predicted octanol–water partition coefficient (Wildman–Crippen LogP) is 1.81. The van der Waals surface area contributed by atoms with Crippen LogP contribution in [0.25, 0.3) is 6.08 Å². The van der Waals surface area contributed by atoms with Crippen LogP contribution in [0.2, 0.25) is 0 Å². The van der Waals surface area contributed by atoms with Crippen LogP contribution in [0.4, 0.5) is 4.79 Å². The van der Waals surface area contributed by atoms with Gasteiger partial charge in [-0.05, 0) is 25.0 Å². The molecule has 0 saturated carbocycles. The smallest absolute Gasteiger partial charge is 0.321 e. The van der Waals surface area contributed by atoms with Gasteiger partial charge in [0.1, 0.15) is 0 Å². The van der Waals surface area contributed by atoms with E-state index in [1.54, 1.807) is 18.2 Å². The second kappa shape index (κ2) is 8.30. The molecule has 6 nitrogen and oxygen atoms in total. The lowest BCUT2D eigenvalue weighted by Crippen LogP contribution is -2.46. The highest BCUT2D eigenvalue weighted by molar-refractivity contribution is 7.91. The van der Waals surface area contributed by atoms with Crippen LogP contribution >= 0.6 is 0 Å². The van der Waals surface area contributed by atoms with Crippen LogP contribution in [0.5, 0.6) is 0 Å². The number of rotatable bonds is 6. The molecule has 1 heterocycles. The molecule has 0 aliphatic carbocycles. The van der Waals surface area contributed by atoms with Gasteiger partial charge in [0.2, 0.25) is 0 Å². The Morgan fingerprint density at radius 2 is 2.25 bits per heavy atom. The molecule has 1 aliphatic rings. The van der Waals surface area contributed by atoms with Gasteiger partial charge < -0.3 is 15.0 Å². The van der Waals surface area contributed by atoms with Crippen molar-refractivity contribution in [3.63, 3.8) is 0 Å². The standard InChI is InChI=1S/C17H24N2O4S/c1-14-4-3-5-15(12-14)6-8-18-17(20)19(9-10-23-2)16-7-11-24(21,22)13-16/h3-6,8,12,16H,7,9-11,13H2,1-2H3,(H,18,20)/b8-6+. The number of aryl methyl sites for hydroxylation is 1. The van der Waals surface area contributed by atoms with Crippen molar-refractivity contribution in [3.8, 4) is 0 Å². The lowest BCUT2D eigenvalue weighted by molar-refractivity contribution is 0.135. The highest BCUT2D eigenvalue weighted by Crippen LogP contribution is 2.18. The average Bonchev–Trinajstić information content (AvgIpc) is 2.88. The quantitative estimate of drug-likeness (QED) is 0.847. The van der Waals surface area contributed by atoms with Crippen molar-refractivity contribution in [2.45, 2.75) is 19.4 Å². The van der Waals surface area contributed by atoms with E-state index in [4.69, 9.17) is 4.74 Å². The van der Waals surface area contributed by atoms with Gasteiger partial charge in [-0.3, -0.25) is 0 Å². The van der Waals surface area contributed by atoms with E-state index in [-0.39, 0.29) is 23.6 Å². The summed E-state index contributed by atoms with van der Waals surface area (Å²) in [7, 11) is -1.49. The topological polar surface area (TPSA) is 75.7 Å². The number of ether oxygens (including phenoxy) is 1. The van der Waals surface area contributed by atoms with Crippen LogP contribution in [0.15, 0.2) is 30.5 Å². The first-order valence-corrected chi connectivity index (χ1v) is 9.73. The Morgan fingerprint density at radius 3 is 2.88 bits per heavy atom. The van der Waals surface area contributed by atoms with E-state index < -0.39 is 9.84 Å². The minimum atomic E-state index is -3.05. The van der Waals surface area contributed by atoms with Gasteiger partial charge in [-0.25, -0.2) is 13.2 Å². The first-order valence-electron chi connectivity index (χ1n) is 7.91. The Hall–Kier alpha value is -1.86. The molecule has 1 atom stereocenters. The first kappa shape index (κ1) is 18.5. The number of sulfone groups is 1. The minimum Gasteiger partial charge on any atom is -0.383 e. The summed E-state index contributed by atoms with van der Waals surface area (Å²) in [5.41, 5.74) is 2.13. The molecule has 1 fully saturated rings. The van der Waals surface area contributed by atoms with E-state index in [0.717, 1.165) is 11.1 Å². The zero-order chi connectivity index (χ0) is 17.6.